The second kappa shape index (κ2) is 8.36. The molecule has 0 spiro atoms. The minimum Gasteiger partial charge on any atom is -0.338 e. The Bertz CT molecular complexity index is 719. The first kappa shape index (κ1) is 18.5. The lowest BCUT2D eigenvalue weighted by atomic mass is 9.97. The van der Waals surface area contributed by atoms with Crippen molar-refractivity contribution >= 4 is 11.8 Å². The highest BCUT2D eigenvalue weighted by atomic mass is 16.2. The fourth-order valence-electron chi connectivity index (χ4n) is 3.34. The van der Waals surface area contributed by atoms with Gasteiger partial charge < -0.3 is 10.2 Å². The predicted octanol–water partition coefficient (Wildman–Crippen LogP) is 3.26. The standard InChI is InChI=1S/C20H29N5O/c1-15-14-25(16(2)18-7-5-4-6-8-18)23-19(15)22-20(26)21-13-17-9-11-24(3)12-10-17/h4-8,14,16-17H,9-13H2,1-3H3,(H2,21,22,23,26)/t16-/m1/s1. The highest BCUT2D eigenvalue weighted by molar-refractivity contribution is 5.88. The van der Waals surface area contributed by atoms with Gasteiger partial charge >= 0.3 is 6.03 Å². The van der Waals surface area contributed by atoms with Crippen molar-refractivity contribution in [2.45, 2.75) is 32.7 Å². The summed E-state index contributed by atoms with van der Waals surface area (Å²) >= 11 is 0. The van der Waals surface area contributed by atoms with Gasteiger partial charge in [0.15, 0.2) is 5.82 Å². The Kier molecular flexibility index (Phi) is 5.93. The van der Waals surface area contributed by atoms with Crippen LogP contribution in [0, 0.1) is 12.8 Å². The molecule has 140 valence electrons. The molecule has 1 atom stereocenters. The Hall–Kier alpha value is -2.34. The Labute approximate surface area is 155 Å². The molecule has 0 aliphatic carbocycles. The number of likely N-dealkylation sites (tertiary alicyclic amines) is 1. The van der Waals surface area contributed by atoms with Gasteiger partial charge in [-0.1, -0.05) is 30.3 Å². The van der Waals surface area contributed by atoms with Crippen LogP contribution in [-0.4, -0.2) is 47.4 Å². The summed E-state index contributed by atoms with van der Waals surface area (Å²) in [7, 11) is 2.14. The predicted molar refractivity (Wildman–Crippen MR) is 104 cm³/mol. The summed E-state index contributed by atoms with van der Waals surface area (Å²) in [4.78, 5) is 14.6. The first-order valence-corrected chi connectivity index (χ1v) is 9.37. The van der Waals surface area contributed by atoms with Crippen LogP contribution in [0.5, 0.6) is 0 Å². The number of hydrogen-bond donors (Lipinski definition) is 2. The monoisotopic (exact) mass is 355 g/mol. The molecule has 1 aromatic carbocycles. The van der Waals surface area contributed by atoms with Crippen LogP contribution < -0.4 is 10.6 Å². The van der Waals surface area contributed by atoms with Crippen molar-refractivity contribution in [3.8, 4) is 0 Å². The lowest BCUT2D eigenvalue weighted by Crippen LogP contribution is -2.38. The molecule has 0 saturated carbocycles. The number of aromatic nitrogens is 2. The molecule has 1 saturated heterocycles. The highest BCUT2D eigenvalue weighted by Crippen LogP contribution is 2.21. The number of piperidine rings is 1. The van der Waals surface area contributed by atoms with Crippen LogP contribution in [0.4, 0.5) is 10.6 Å². The molecule has 2 amide bonds. The number of nitrogens with zero attached hydrogens (tertiary/aromatic N) is 3. The fourth-order valence-corrected chi connectivity index (χ4v) is 3.34. The van der Waals surface area contributed by atoms with E-state index in [4.69, 9.17) is 0 Å². The van der Waals surface area contributed by atoms with E-state index in [1.165, 1.54) is 5.56 Å². The number of nitrogens with one attached hydrogen (secondary N) is 2. The van der Waals surface area contributed by atoms with E-state index in [1.54, 1.807) is 0 Å². The van der Waals surface area contributed by atoms with E-state index < -0.39 is 0 Å². The molecule has 1 aliphatic heterocycles. The van der Waals surface area contributed by atoms with Gasteiger partial charge in [0.25, 0.3) is 0 Å². The van der Waals surface area contributed by atoms with Gasteiger partial charge in [-0.25, -0.2) is 4.79 Å². The number of carbonyl (C=O) groups excluding carboxylic acids is 1. The molecular weight excluding hydrogens is 326 g/mol. The number of carbonyl (C=O) groups is 1. The molecule has 1 fully saturated rings. The number of aryl methyl sites for hydroxylation is 1. The van der Waals surface area contributed by atoms with E-state index in [2.05, 4.69) is 46.7 Å². The van der Waals surface area contributed by atoms with Crippen molar-refractivity contribution in [3.63, 3.8) is 0 Å². The summed E-state index contributed by atoms with van der Waals surface area (Å²) in [5, 5.41) is 10.5. The van der Waals surface area contributed by atoms with Crippen LogP contribution in [0.2, 0.25) is 0 Å². The molecule has 0 unspecified atom stereocenters. The molecule has 26 heavy (non-hydrogen) atoms. The first-order chi connectivity index (χ1) is 12.5. The number of amides is 2. The quantitative estimate of drug-likeness (QED) is 0.865. The summed E-state index contributed by atoms with van der Waals surface area (Å²) in [6, 6.07) is 10.2. The SMILES string of the molecule is Cc1cn([C@H](C)c2ccccc2)nc1NC(=O)NCC1CCN(C)CC1. The van der Waals surface area contributed by atoms with E-state index in [1.807, 2.05) is 36.0 Å². The molecule has 2 aromatic rings. The Morgan fingerprint density at radius 3 is 2.65 bits per heavy atom. The number of rotatable bonds is 5. The van der Waals surface area contributed by atoms with Crippen LogP contribution in [-0.2, 0) is 0 Å². The van der Waals surface area contributed by atoms with Crippen LogP contribution >= 0.6 is 0 Å². The van der Waals surface area contributed by atoms with E-state index in [0.717, 1.165) is 38.0 Å². The average Bonchev–Trinajstić information content (AvgIpc) is 3.02. The van der Waals surface area contributed by atoms with Crippen LogP contribution in [0.1, 0.15) is 36.9 Å². The Balaban J connectivity index is 1.55. The Morgan fingerprint density at radius 2 is 1.96 bits per heavy atom. The van der Waals surface area contributed by atoms with E-state index >= 15 is 0 Å². The zero-order valence-corrected chi connectivity index (χ0v) is 15.9. The van der Waals surface area contributed by atoms with Gasteiger partial charge in [0.1, 0.15) is 0 Å². The molecule has 3 rings (SSSR count). The van der Waals surface area contributed by atoms with Crippen LogP contribution in [0.15, 0.2) is 36.5 Å². The zero-order chi connectivity index (χ0) is 18.5. The number of urea groups is 1. The van der Waals surface area contributed by atoms with Gasteiger partial charge in [-0.15, -0.1) is 0 Å². The van der Waals surface area contributed by atoms with Gasteiger partial charge in [-0.3, -0.25) is 10.00 Å². The summed E-state index contributed by atoms with van der Waals surface area (Å²) in [5.41, 5.74) is 2.15. The van der Waals surface area contributed by atoms with Crippen molar-refractivity contribution in [2.24, 2.45) is 5.92 Å². The van der Waals surface area contributed by atoms with Gasteiger partial charge in [0.2, 0.25) is 0 Å². The lowest BCUT2D eigenvalue weighted by molar-refractivity contribution is 0.213. The zero-order valence-electron chi connectivity index (χ0n) is 15.9. The number of benzene rings is 1. The Morgan fingerprint density at radius 1 is 1.27 bits per heavy atom. The smallest absolute Gasteiger partial charge is 0.320 e. The summed E-state index contributed by atoms with van der Waals surface area (Å²) in [6.45, 7) is 7.00. The average molecular weight is 355 g/mol. The van der Waals surface area contributed by atoms with Gasteiger partial charge in [-0.2, -0.15) is 5.10 Å². The molecule has 6 heteroatoms. The van der Waals surface area contributed by atoms with Crippen LogP contribution in [0.25, 0.3) is 0 Å². The molecule has 1 aliphatic rings. The topological polar surface area (TPSA) is 62.2 Å². The summed E-state index contributed by atoms with van der Waals surface area (Å²) in [6.07, 6.45) is 4.25. The second-order valence-electron chi connectivity index (χ2n) is 7.31. The van der Waals surface area contributed by atoms with E-state index in [0.29, 0.717) is 11.7 Å². The third-order valence-electron chi connectivity index (χ3n) is 5.22. The van der Waals surface area contributed by atoms with Crippen molar-refractivity contribution in [3.05, 3.63) is 47.7 Å². The third kappa shape index (κ3) is 4.64. The minimum absolute atomic E-state index is 0.118. The van der Waals surface area contributed by atoms with Crippen molar-refractivity contribution < 1.29 is 4.79 Å². The van der Waals surface area contributed by atoms with E-state index in [-0.39, 0.29) is 12.1 Å². The molecule has 0 radical (unpaired) electrons. The summed E-state index contributed by atoms with van der Waals surface area (Å²) < 4.78 is 1.90. The summed E-state index contributed by atoms with van der Waals surface area (Å²) in [5.74, 6) is 1.18. The first-order valence-electron chi connectivity index (χ1n) is 9.37. The maximum atomic E-state index is 12.2. The highest BCUT2D eigenvalue weighted by Gasteiger charge is 2.18. The molecule has 2 N–H and O–H groups in total. The van der Waals surface area contributed by atoms with Crippen LogP contribution in [0.3, 0.4) is 0 Å². The van der Waals surface area contributed by atoms with Gasteiger partial charge in [0, 0.05) is 18.3 Å². The van der Waals surface area contributed by atoms with Crippen molar-refractivity contribution in [1.29, 1.82) is 0 Å². The van der Waals surface area contributed by atoms with Gasteiger partial charge in [-0.05, 0) is 58.3 Å². The molecule has 0 bridgehead atoms. The van der Waals surface area contributed by atoms with Crippen molar-refractivity contribution in [2.75, 3.05) is 32.0 Å². The fraction of sp³-hybridized carbons (Fsp3) is 0.500. The maximum Gasteiger partial charge on any atom is 0.320 e. The maximum absolute atomic E-state index is 12.2. The molecule has 2 heterocycles. The normalized spacial score (nSPS) is 17.0. The minimum atomic E-state index is -0.176. The third-order valence-corrected chi connectivity index (χ3v) is 5.22. The lowest BCUT2D eigenvalue weighted by Gasteiger charge is -2.28. The molecule has 6 nitrogen and oxygen atoms in total. The number of hydrogen-bond acceptors (Lipinski definition) is 3. The largest absolute Gasteiger partial charge is 0.338 e. The van der Waals surface area contributed by atoms with Crippen molar-refractivity contribution in [1.82, 2.24) is 20.0 Å². The van der Waals surface area contributed by atoms with E-state index in [9.17, 15) is 4.79 Å². The molecular formula is C20H29N5O. The van der Waals surface area contributed by atoms with Gasteiger partial charge in [0.05, 0.1) is 6.04 Å². The molecule has 1 aromatic heterocycles. The number of anilines is 1. The second-order valence-corrected chi connectivity index (χ2v) is 7.31.